The Labute approximate surface area is 137 Å². The summed E-state index contributed by atoms with van der Waals surface area (Å²) in [6, 6.07) is 2.89. The minimum atomic E-state index is -0.581. The van der Waals surface area contributed by atoms with E-state index in [2.05, 4.69) is 9.97 Å². The standard InChI is InChI=1S/C12H11N3O3S.2ClH/c1-19-12-2-3-15(7-14-12)6-11(18)8-4-9(16)10(17)5-13-8;;/h2-5,7H,6H2,1H3,(H-,13,16,17,18);2*1H. The number of rotatable bonds is 4. The molecule has 0 aromatic carbocycles. The van der Waals surface area contributed by atoms with Crippen molar-refractivity contribution >= 4 is 30.0 Å². The van der Waals surface area contributed by atoms with Crippen molar-refractivity contribution in [2.75, 3.05) is 6.26 Å². The average Bonchev–Trinajstić information content (AvgIpc) is 2.42. The van der Waals surface area contributed by atoms with Gasteiger partial charge in [-0.1, -0.05) is 11.8 Å². The number of carbonyl (C=O) groups is 1. The van der Waals surface area contributed by atoms with Crippen molar-refractivity contribution in [3.8, 4) is 5.75 Å². The van der Waals surface area contributed by atoms with Crippen LogP contribution in [0.2, 0.25) is 0 Å². The topological polar surface area (TPSA) is 86.9 Å². The van der Waals surface area contributed by atoms with E-state index >= 15 is 0 Å². The molecule has 0 saturated carbocycles. The van der Waals surface area contributed by atoms with Crippen molar-refractivity contribution in [2.45, 2.75) is 11.6 Å². The van der Waals surface area contributed by atoms with Gasteiger partial charge in [-0.15, -0.1) is 12.4 Å². The Hall–Kier alpha value is -1.57. The number of nitrogens with zero attached hydrogens (tertiary/aromatic N) is 2. The third-order valence-corrected chi connectivity index (χ3v) is 3.13. The molecule has 0 aliphatic heterocycles. The van der Waals surface area contributed by atoms with Crippen LogP contribution in [0.4, 0.5) is 0 Å². The van der Waals surface area contributed by atoms with Gasteiger partial charge in [-0.3, -0.25) is 9.59 Å². The number of aromatic amines is 1. The Bertz CT molecular complexity index is 662. The molecule has 0 unspecified atom stereocenters. The first kappa shape index (κ1) is 19.4. The van der Waals surface area contributed by atoms with Crippen molar-refractivity contribution in [3.63, 3.8) is 0 Å². The van der Waals surface area contributed by atoms with Crippen LogP contribution in [0.5, 0.6) is 5.75 Å². The molecule has 0 spiro atoms. The molecule has 114 valence electrons. The molecule has 0 atom stereocenters. The summed E-state index contributed by atoms with van der Waals surface area (Å²) in [5.41, 5.74) is -0.424. The van der Waals surface area contributed by atoms with Crippen molar-refractivity contribution in [3.05, 3.63) is 46.8 Å². The fourth-order valence-corrected chi connectivity index (χ4v) is 1.81. The molecule has 2 N–H and O–H groups in total. The number of H-pyrrole nitrogens is 1. The van der Waals surface area contributed by atoms with Gasteiger partial charge < -0.3 is 22.5 Å². The summed E-state index contributed by atoms with van der Waals surface area (Å²) in [5.74, 6) is -0.670. The van der Waals surface area contributed by atoms with Gasteiger partial charge in [0.25, 0.3) is 6.33 Å². The lowest BCUT2D eigenvalue weighted by atomic mass is 10.2. The molecule has 0 aliphatic carbocycles. The smallest absolute Gasteiger partial charge is 0.287 e. The molecule has 21 heavy (non-hydrogen) atoms. The molecule has 0 saturated heterocycles. The summed E-state index contributed by atoms with van der Waals surface area (Å²) >= 11 is 1.51. The molecule has 0 fully saturated rings. The van der Waals surface area contributed by atoms with Crippen LogP contribution in [-0.4, -0.2) is 27.1 Å². The number of halogens is 2. The molecular formula is C12H13Cl2N3O3S. The zero-order valence-corrected chi connectivity index (χ0v) is 13.3. The average molecular weight is 350 g/mol. The predicted molar refractivity (Wildman–Crippen MR) is 76.5 cm³/mol. The van der Waals surface area contributed by atoms with Crippen LogP contribution in [0, 0.1) is 0 Å². The first-order valence-corrected chi connectivity index (χ1v) is 6.66. The molecule has 0 bridgehead atoms. The maximum Gasteiger partial charge on any atom is 0.287 e. The Balaban J connectivity index is 0.00000200. The van der Waals surface area contributed by atoms with Crippen LogP contribution in [0.15, 0.2) is 40.7 Å². The molecule has 2 aromatic heterocycles. The minimum Gasteiger partial charge on any atom is -1.00 e. The number of hydrogen-bond donors (Lipinski definition) is 2. The van der Waals surface area contributed by atoms with Crippen LogP contribution in [0.3, 0.4) is 0 Å². The largest absolute Gasteiger partial charge is 1.00 e. The molecule has 2 heterocycles. The van der Waals surface area contributed by atoms with Gasteiger partial charge in [-0.25, -0.2) is 4.57 Å². The Morgan fingerprint density at radius 2 is 2.24 bits per heavy atom. The Morgan fingerprint density at radius 1 is 1.52 bits per heavy atom. The van der Waals surface area contributed by atoms with E-state index in [1.807, 2.05) is 6.26 Å². The molecule has 0 radical (unpaired) electrons. The highest BCUT2D eigenvalue weighted by atomic mass is 35.5. The first-order valence-electron chi connectivity index (χ1n) is 5.44. The number of aromatic hydroxyl groups is 1. The van der Waals surface area contributed by atoms with Gasteiger partial charge in [-0.05, 0) is 11.2 Å². The quantitative estimate of drug-likeness (QED) is 0.283. The maximum absolute atomic E-state index is 11.9. The fraction of sp³-hybridized carbons (Fsp3) is 0.167. The monoisotopic (exact) mass is 349 g/mol. The summed E-state index contributed by atoms with van der Waals surface area (Å²) in [7, 11) is 0. The second kappa shape index (κ2) is 8.66. The van der Waals surface area contributed by atoms with Crippen LogP contribution in [0.25, 0.3) is 0 Å². The summed E-state index contributed by atoms with van der Waals surface area (Å²) in [6.45, 7) is 0.0718. The van der Waals surface area contributed by atoms with E-state index in [0.29, 0.717) is 0 Å². The van der Waals surface area contributed by atoms with Gasteiger partial charge in [0.2, 0.25) is 16.2 Å². The fourth-order valence-electron chi connectivity index (χ4n) is 1.46. The molecule has 0 amide bonds. The second-order valence-electron chi connectivity index (χ2n) is 3.79. The van der Waals surface area contributed by atoms with Crippen LogP contribution in [-0.2, 0) is 6.54 Å². The van der Waals surface area contributed by atoms with Crippen molar-refractivity contribution < 1.29 is 26.9 Å². The summed E-state index contributed by atoms with van der Waals surface area (Å²) in [4.78, 5) is 29.9. The number of aromatic nitrogens is 3. The lowest BCUT2D eigenvalue weighted by molar-refractivity contribution is -0.686. The predicted octanol–water partition coefficient (Wildman–Crippen LogP) is -2.21. The van der Waals surface area contributed by atoms with Crippen LogP contribution >= 0.6 is 24.2 Å². The lowest BCUT2D eigenvalue weighted by Crippen LogP contribution is -3.00. The minimum absolute atomic E-state index is 0. The van der Waals surface area contributed by atoms with E-state index in [0.717, 1.165) is 17.3 Å². The second-order valence-corrected chi connectivity index (χ2v) is 4.62. The Kier molecular flexibility index (Phi) is 8.01. The molecular weight excluding hydrogens is 337 g/mol. The van der Waals surface area contributed by atoms with E-state index in [9.17, 15) is 9.59 Å². The normalized spacial score (nSPS) is 9.38. The zero-order valence-electron chi connectivity index (χ0n) is 10.9. The molecule has 2 aromatic rings. The summed E-state index contributed by atoms with van der Waals surface area (Å²) < 4.78 is 1.62. The van der Waals surface area contributed by atoms with E-state index < -0.39 is 11.2 Å². The number of hydrogen-bond acceptors (Lipinski definition) is 5. The van der Waals surface area contributed by atoms with Crippen molar-refractivity contribution in [1.82, 2.24) is 9.97 Å². The van der Waals surface area contributed by atoms with Gasteiger partial charge >= 0.3 is 0 Å². The van der Waals surface area contributed by atoms with Gasteiger partial charge in [-0.2, -0.15) is 0 Å². The van der Waals surface area contributed by atoms with Crippen LogP contribution in [0.1, 0.15) is 10.5 Å². The number of carbonyl (C=O) groups excluding carboxylic acids is 1. The third kappa shape index (κ3) is 5.04. The highest BCUT2D eigenvalue weighted by Gasteiger charge is 2.12. The summed E-state index contributed by atoms with van der Waals surface area (Å²) in [6.07, 6.45) is 6.33. The van der Waals surface area contributed by atoms with Gasteiger partial charge in [0.15, 0.2) is 12.3 Å². The number of pyridine rings is 1. The molecule has 9 heteroatoms. The number of ketones is 1. The van der Waals surface area contributed by atoms with Crippen molar-refractivity contribution in [2.24, 2.45) is 0 Å². The number of Topliss-reactive ketones (excluding diaryl/α,β-unsaturated/α-hetero) is 1. The summed E-state index contributed by atoms with van der Waals surface area (Å²) in [5, 5.41) is 9.96. The SMILES string of the molecule is CSc1cc[n+](CC(=O)c2cc(=O)c(O)c[nH]2)cn1.Cl.[Cl-]. The number of nitrogens with one attached hydrogen (secondary N) is 1. The van der Waals surface area contributed by atoms with E-state index in [-0.39, 0.29) is 42.8 Å². The molecule has 6 nitrogen and oxygen atoms in total. The van der Waals surface area contributed by atoms with E-state index in [4.69, 9.17) is 5.11 Å². The molecule has 2 rings (SSSR count). The van der Waals surface area contributed by atoms with Gasteiger partial charge in [0, 0.05) is 18.3 Å². The van der Waals surface area contributed by atoms with Gasteiger partial charge in [0.05, 0.1) is 11.9 Å². The van der Waals surface area contributed by atoms with E-state index in [1.54, 1.807) is 23.2 Å². The van der Waals surface area contributed by atoms with Gasteiger partial charge in [0.1, 0.15) is 0 Å². The third-order valence-electron chi connectivity index (χ3n) is 2.47. The maximum atomic E-state index is 11.9. The van der Waals surface area contributed by atoms with Crippen LogP contribution < -0.4 is 22.4 Å². The lowest BCUT2D eigenvalue weighted by Gasteiger charge is -2.00. The Morgan fingerprint density at radius 3 is 2.76 bits per heavy atom. The number of thioether (sulfide) groups is 1. The van der Waals surface area contributed by atoms with E-state index in [1.165, 1.54) is 11.8 Å². The first-order chi connectivity index (χ1) is 9.10. The zero-order chi connectivity index (χ0) is 13.8. The highest BCUT2D eigenvalue weighted by Crippen LogP contribution is 2.06. The highest BCUT2D eigenvalue weighted by molar-refractivity contribution is 7.98. The molecule has 0 aliphatic rings. The van der Waals surface area contributed by atoms with Crippen molar-refractivity contribution in [1.29, 1.82) is 0 Å².